The van der Waals surface area contributed by atoms with Crippen LogP contribution < -0.4 is 10.1 Å². The number of nitrogens with one attached hydrogen (secondary N) is 1. The van der Waals surface area contributed by atoms with E-state index in [1.807, 2.05) is 37.3 Å². The summed E-state index contributed by atoms with van der Waals surface area (Å²) in [6.45, 7) is 1.58. The first kappa shape index (κ1) is 22.1. The van der Waals surface area contributed by atoms with E-state index in [4.69, 9.17) is 13.9 Å². The second-order valence-electron chi connectivity index (χ2n) is 7.08. The Balaban J connectivity index is 1.37. The SMILES string of the molecule is CC(CCc1ccccc1)NC(=O)COC(=O)c1ccc(COc2ccc(F)cc2)o1. The third kappa shape index (κ3) is 7.29. The minimum Gasteiger partial charge on any atom is -0.486 e. The molecule has 0 radical (unpaired) electrons. The maximum atomic E-state index is 12.9. The molecule has 3 aromatic rings. The number of amides is 1. The summed E-state index contributed by atoms with van der Waals surface area (Å²) in [6.07, 6.45) is 1.62. The van der Waals surface area contributed by atoms with E-state index in [0.29, 0.717) is 11.5 Å². The lowest BCUT2D eigenvalue weighted by Gasteiger charge is -2.13. The van der Waals surface area contributed by atoms with Gasteiger partial charge in [-0.3, -0.25) is 4.79 Å². The van der Waals surface area contributed by atoms with Crippen molar-refractivity contribution in [2.24, 2.45) is 0 Å². The number of halogens is 1. The van der Waals surface area contributed by atoms with E-state index in [0.717, 1.165) is 12.8 Å². The van der Waals surface area contributed by atoms with Gasteiger partial charge in [-0.05, 0) is 61.7 Å². The topological polar surface area (TPSA) is 77.8 Å². The van der Waals surface area contributed by atoms with Crippen LogP contribution in [0.2, 0.25) is 0 Å². The van der Waals surface area contributed by atoms with E-state index >= 15 is 0 Å². The highest BCUT2D eigenvalue weighted by molar-refractivity contribution is 5.88. The number of rotatable bonds is 10. The summed E-state index contributed by atoms with van der Waals surface area (Å²) < 4.78 is 28.8. The lowest BCUT2D eigenvalue weighted by Crippen LogP contribution is -2.36. The number of benzene rings is 2. The lowest BCUT2D eigenvalue weighted by molar-refractivity contribution is -0.124. The van der Waals surface area contributed by atoms with Crippen molar-refractivity contribution in [3.8, 4) is 5.75 Å². The van der Waals surface area contributed by atoms with Crippen LogP contribution in [0.15, 0.2) is 71.1 Å². The smallest absolute Gasteiger partial charge is 0.374 e. The molecule has 0 spiro atoms. The Morgan fingerprint density at radius 3 is 2.52 bits per heavy atom. The van der Waals surface area contributed by atoms with Crippen molar-refractivity contribution < 1.29 is 27.9 Å². The van der Waals surface area contributed by atoms with Gasteiger partial charge >= 0.3 is 5.97 Å². The van der Waals surface area contributed by atoms with E-state index < -0.39 is 12.6 Å². The van der Waals surface area contributed by atoms with Crippen LogP contribution in [0.25, 0.3) is 0 Å². The fraction of sp³-hybridized carbons (Fsp3) is 0.250. The zero-order valence-electron chi connectivity index (χ0n) is 17.2. The fourth-order valence-electron chi connectivity index (χ4n) is 2.87. The molecule has 1 unspecified atom stereocenters. The molecule has 3 rings (SSSR count). The highest BCUT2D eigenvalue weighted by Crippen LogP contribution is 2.15. The zero-order chi connectivity index (χ0) is 22.1. The molecular weight excluding hydrogens is 401 g/mol. The third-order valence-corrected chi connectivity index (χ3v) is 4.51. The van der Waals surface area contributed by atoms with Crippen LogP contribution in [0.3, 0.4) is 0 Å². The van der Waals surface area contributed by atoms with Gasteiger partial charge in [0, 0.05) is 6.04 Å². The molecule has 2 aromatic carbocycles. The van der Waals surface area contributed by atoms with Crippen LogP contribution in [0.4, 0.5) is 4.39 Å². The van der Waals surface area contributed by atoms with E-state index in [2.05, 4.69) is 5.32 Å². The van der Waals surface area contributed by atoms with Gasteiger partial charge in [0.2, 0.25) is 5.76 Å². The van der Waals surface area contributed by atoms with Gasteiger partial charge in [-0.25, -0.2) is 9.18 Å². The molecule has 1 amide bonds. The average molecular weight is 425 g/mol. The molecule has 0 aliphatic rings. The third-order valence-electron chi connectivity index (χ3n) is 4.51. The number of carbonyl (C=O) groups excluding carboxylic acids is 2. The summed E-state index contributed by atoms with van der Waals surface area (Å²) >= 11 is 0. The molecule has 1 heterocycles. The van der Waals surface area contributed by atoms with E-state index in [1.165, 1.54) is 35.9 Å². The molecular formula is C24H24FNO5. The lowest BCUT2D eigenvalue weighted by atomic mass is 10.1. The second-order valence-corrected chi connectivity index (χ2v) is 7.08. The maximum absolute atomic E-state index is 12.9. The van der Waals surface area contributed by atoms with Crippen LogP contribution >= 0.6 is 0 Å². The molecule has 0 saturated heterocycles. The Morgan fingerprint density at radius 1 is 1.03 bits per heavy atom. The van der Waals surface area contributed by atoms with Crippen LogP contribution in [0, 0.1) is 5.82 Å². The van der Waals surface area contributed by atoms with Crippen molar-refractivity contribution in [3.63, 3.8) is 0 Å². The van der Waals surface area contributed by atoms with Gasteiger partial charge in [0.25, 0.3) is 5.91 Å². The molecule has 0 fully saturated rings. The quantitative estimate of drug-likeness (QED) is 0.490. The van der Waals surface area contributed by atoms with Crippen molar-refractivity contribution in [2.45, 2.75) is 32.4 Å². The largest absolute Gasteiger partial charge is 0.486 e. The summed E-state index contributed by atoms with van der Waals surface area (Å²) in [5.41, 5.74) is 1.20. The Bertz CT molecular complexity index is 985. The molecule has 0 aliphatic heterocycles. The monoisotopic (exact) mass is 425 g/mol. The molecule has 0 aliphatic carbocycles. The number of carbonyl (C=O) groups is 2. The highest BCUT2D eigenvalue weighted by Gasteiger charge is 2.16. The van der Waals surface area contributed by atoms with Gasteiger partial charge in [0.1, 0.15) is 23.9 Å². The predicted octanol–water partition coefficient (Wildman–Crippen LogP) is 4.29. The molecule has 0 bridgehead atoms. The number of hydrogen-bond donors (Lipinski definition) is 1. The predicted molar refractivity (Wildman–Crippen MR) is 112 cm³/mol. The second kappa shape index (κ2) is 11.0. The Kier molecular flexibility index (Phi) is 7.81. The van der Waals surface area contributed by atoms with Gasteiger partial charge in [-0.15, -0.1) is 0 Å². The summed E-state index contributed by atoms with van der Waals surface area (Å²) in [7, 11) is 0. The van der Waals surface area contributed by atoms with Crippen molar-refractivity contribution in [2.75, 3.05) is 6.61 Å². The first-order chi connectivity index (χ1) is 15.0. The normalized spacial score (nSPS) is 11.5. The minimum atomic E-state index is -0.736. The summed E-state index contributed by atoms with van der Waals surface area (Å²) in [5, 5.41) is 2.81. The minimum absolute atomic E-state index is 0.0253. The number of esters is 1. The van der Waals surface area contributed by atoms with Crippen LogP contribution in [-0.2, 0) is 22.6 Å². The van der Waals surface area contributed by atoms with Crippen molar-refractivity contribution >= 4 is 11.9 Å². The molecule has 1 N–H and O–H groups in total. The fourth-order valence-corrected chi connectivity index (χ4v) is 2.87. The van der Waals surface area contributed by atoms with Gasteiger partial charge in [-0.1, -0.05) is 30.3 Å². The Morgan fingerprint density at radius 2 is 1.77 bits per heavy atom. The molecule has 6 nitrogen and oxygen atoms in total. The standard InChI is InChI=1S/C24H24FNO5/c1-17(7-8-18-5-3-2-4-6-18)26-23(27)16-30-24(28)22-14-13-21(31-22)15-29-20-11-9-19(25)10-12-20/h2-6,9-14,17H,7-8,15-16H2,1H3,(H,26,27). The van der Waals surface area contributed by atoms with Gasteiger partial charge in [0.05, 0.1) is 0 Å². The Hall–Kier alpha value is -3.61. The van der Waals surface area contributed by atoms with Crippen molar-refractivity contribution in [1.29, 1.82) is 0 Å². The van der Waals surface area contributed by atoms with Gasteiger partial charge in [-0.2, -0.15) is 0 Å². The van der Waals surface area contributed by atoms with Crippen molar-refractivity contribution in [3.05, 3.63) is 89.6 Å². The Labute approximate surface area is 180 Å². The van der Waals surface area contributed by atoms with Crippen LogP contribution in [0.5, 0.6) is 5.75 Å². The first-order valence-corrected chi connectivity index (χ1v) is 9.97. The van der Waals surface area contributed by atoms with Crippen LogP contribution in [-0.4, -0.2) is 24.5 Å². The molecule has 0 saturated carbocycles. The number of hydrogen-bond acceptors (Lipinski definition) is 5. The van der Waals surface area contributed by atoms with Crippen LogP contribution in [0.1, 0.15) is 35.2 Å². The van der Waals surface area contributed by atoms with Gasteiger partial charge in [0.15, 0.2) is 6.61 Å². The number of furan rings is 1. The molecule has 31 heavy (non-hydrogen) atoms. The first-order valence-electron chi connectivity index (χ1n) is 9.97. The molecule has 7 heteroatoms. The number of ether oxygens (including phenoxy) is 2. The molecule has 1 atom stereocenters. The summed E-state index contributed by atoms with van der Waals surface area (Å²) in [4.78, 5) is 24.1. The average Bonchev–Trinajstić information content (AvgIpc) is 3.26. The van der Waals surface area contributed by atoms with E-state index in [-0.39, 0.29) is 30.1 Å². The summed E-state index contributed by atoms with van der Waals surface area (Å²) in [6, 6.07) is 18.5. The molecule has 1 aromatic heterocycles. The zero-order valence-corrected chi connectivity index (χ0v) is 17.2. The highest BCUT2D eigenvalue weighted by atomic mass is 19.1. The summed E-state index contributed by atoms with van der Waals surface area (Å²) in [5.74, 6) is -0.622. The number of aryl methyl sites for hydroxylation is 1. The maximum Gasteiger partial charge on any atom is 0.374 e. The van der Waals surface area contributed by atoms with Gasteiger partial charge < -0.3 is 19.2 Å². The molecule has 162 valence electrons. The van der Waals surface area contributed by atoms with Crippen molar-refractivity contribution in [1.82, 2.24) is 5.32 Å². The van der Waals surface area contributed by atoms with E-state index in [9.17, 15) is 14.0 Å². The van der Waals surface area contributed by atoms with E-state index in [1.54, 1.807) is 6.07 Å².